The molecule has 0 saturated carbocycles. The molecule has 3 rings (SSSR count). The molecule has 0 fully saturated rings. The van der Waals surface area contributed by atoms with Gasteiger partial charge in [0, 0.05) is 16.6 Å². The highest BCUT2D eigenvalue weighted by Gasteiger charge is 2.20. The Balaban J connectivity index is 1.56. The Labute approximate surface area is 161 Å². The van der Waals surface area contributed by atoms with Crippen LogP contribution in [0.4, 0.5) is 0 Å². The van der Waals surface area contributed by atoms with Crippen LogP contribution in [-0.4, -0.2) is 19.3 Å². The highest BCUT2D eigenvalue weighted by atomic mass is 79.9. The SMILES string of the molecule is CC(C)(C)c1cc(Br)ccc1OCC(=O)NCc1ccc2c(c1)OCO2. The molecule has 6 heteroatoms. The first kappa shape index (κ1) is 18.6. The summed E-state index contributed by atoms with van der Waals surface area (Å²) in [4.78, 5) is 12.2. The van der Waals surface area contributed by atoms with E-state index in [1.54, 1.807) is 0 Å². The first-order valence-corrected chi connectivity index (χ1v) is 9.20. The van der Waals surface area contributed by atoms with Crippen LogP contribution in [0.25, 0.3) is 0 Å². The fourth-order valence-electron chi connectivity index (χ4n) is 2.66. The molecule has 0 saturated heterocycles. The first-order valence-electron chi connectivity index (χ1n) is 8.41. The average Bonchev–Trinajstić information content (AvgIpc) is 3.05. The summed E-state index contributed by atoms with van der Waals surface area (Å²) >= 11 is 3.49. The van der Waals surface area contributed by atoms with E-state index in [4.69, 9.17) is 14.2 Å². The van der Waals surface area contributed by atoms with Crippen molar-refractivity contribution in [2.75, 3.05) is 13.4 Å². The van der Waals surface area contributed by atoms with Gasteiger partial charge in [-0.25, -0.2) is 0 Å². The molecule has 1 amide bonds. The van der Waals surface area contributed by atoms with Crippen molar-refractivity contribution in [1.82, 2.24) is 5.32 Å². The summed E-state index contributed by atoms with van der Waals surface area (Å²) in [5.74, 6) is 1.98. The molecule has 5 nitrogen and oxygen atoms in total. The van der Waals surface area contributed by atoms with Crippen molar-refractivity contribution in [3.63, 3.8) is 0 Å². The summed E-state index contributed by atoms with van der Waals surface area (Å²) in [6, 6.07) is 11.4. The Kier molecular flexibility index (Phi) is 5.41. The summed E-state index contributed by atoms with van der Waals surface area (Å²) < 4.78 is 17.4. The molecule has 0 unspecified atom stereocenters. The maximum Gasteiger partial charge on any atom is 0.258 e. The third-order valence-corrected chi connectivity index (χ3v) is 4.53. The van der Waals surface area contributed by atoms with Gasteiger partial charge >= 0.3 is 0 Å². The fourth-order valence-corrected chi connectivity index (χ4v) is 3.02. The maximum absolute atomic E-state index is 12.2. The highest BCUT2D eigenvalue weighted by molar-refractivity contribution is 9.10. The molecule has 2 aromatic rings. The minimum absolute atomic E-state index is 0.0325. The minimum atomic E-state index is -0.176. The van der Waals surface area contributed by atoms with Crippen LogP contribution in [0.3, 0.4) is 0 Å². The molecule has 0 radical (unpaired) electrons. The van der Waals surface area contributed by atoms with Gasteiger partial charge in [0.1, 0.15) is 5.75 Å². The van der Waals surface area contributed by atoms with E-state index < -0.39 is 0 Å². The van der Waals surface area contributed by atoms with E-state index in [1.165, 1.54) is 0 Å². The molecule has 0 bridgehead atoms. The second kappa shape index (κ2) is 7.58. The molecule has 2 aromatic carbocycles. The van der Waals surface area contributed by atoms with Crippen LogP contribution < -0.4 is 19.5 Å². The van der Waals surface area contributed by atoms with Gasteiger partial charge in [-0.3, -0.25) is 4.79 Å². The number of carbonyl (C=O) groups is 1. The van der Waals surface area contributed by atoms with E-state index in [1.807, 2.05) is 36.4 Å². The molecule has 0 aliphatic carbocycles. The molecule has 0 atom stereocenters. The summed E-state index contributed by atoms with van der Waals surface area (Å²) in [6.45, 7) is 6.95. The molecule has 1 aliphatic rings. The van der Waals surface area contributed by atoms with Gasteiger partial charge in [0.25, 0.3) is 5.91 Å². The van der Waals surface area contributed by atoms with Gasteiger partial charge in [-0.2, -0.15) is 0 Å². The quantitative estimate of drug-likeness (QED) is 0.789. The predicted octanol–water partition coefficient (Wildman–Crippen LogP) is 4.17. The van der Waals surface area contributed by atoms with Crippen LogP contribution in [0.5, 0.6) is 17.2 Å². The fraction of sp³-hybridized carbons (Fsp3) is 0.350. The van der Waals surface area contributed by atoms with Gasteiger partial charge < -0.3 is 19.5 Å². The molecular formula is C20H22BrNO4. The lowest BCUT2D eigenvalue weighted by Crippen LogP contribution is -2.29. The number of hydrogen-bond donors (Lipinski definition) is 1. The third kappa shape index (κ3) is 4.49. The molecule has 138 valence electrons. The van der Waals surface area contributed by atoms with Crippen molar-refractivity contribution >= 4 is 21.8 Å². The van der Waals surface area contributed by atoms with E-state index in [0.717, 1.165) is 27.1 Å². The Hall–Kier alpha value is -2.21. The average molecular weight is 420 g/mol. The van der Waals surface area contributed by atoms with Gasteiger partial charge in [-0.15, -0.1) is 0 Å². The van der Waals surface area contributed by atoms with E-state index in [2.05, 4.69) is 42.0 Å². The largest absolute Gasteiger partial charge is 0.483 e. The zero-order valence-corrected chi connectivity index (χ0v) is 16.7. The normalized spacial score (nSPS) is 12.8. The van der Waals surface area contributed by atoms with Crippen LogP contribution in [0.15, 0.2) is 40.9 Å². The number of halogens is 1. The first-order chi connectivity index (χ1) is 12.3. The Morgan fingerprint density at radius 1 is 1.15 bits per heavy atom. The Morgan fingerprint density at radius 2 is 1.92 bits per heavy atom. The van der Waals surface area contributed by atoms with Crippen LogP contribution in [0.1, 0.15) is 31.9 Å². The number of rotatable bonds is 5. The number of nitrogens with one attached hydrogen (secondary N) is 1. The summed E-state index contributed by atoms with van der Waals surface area (Å²) in [5, 5.41) is 2.86. The van der Waals surface area contributed by atoms with Crippen molar-refractivity contribution in [1.29, 1.82) is 0 Å². The van der Waals surface area contributed by atoms with Crippen molar-refractivity contribution in [3.8, 4) is 17.2 Å². The number of benzene rings is 2. The zero-order chi connectivity index (χ0) is 18.7. The number of hydrogen-bond acceptors (Lipinski definition) is 4. The monoisotopic (exact) mass is 419 g/mol. The topological polar surface area (TPSA) is 56.8 Å². The van der Waals surface area contributed by atoms with E-state index in [-0.39, 0.29) is 24.7 Å². The molecule has 1 aliphatic heterocycles. The number of fused-ring (bicyclic) bond motifs is 1. The Morgan fingerprint density at radius 3 is 2.69 bits per heavy atom. The van der Waals surface area contributed by atoms with Crippen molar-refractivity contribution in [2.45, 2.75) is 32.7 Å². The summed E-state index contributed by atoms with van der Waals surface area (Å²) in [6.07, 6.45) is 0. The molecule has 1 N–H and O–H groups in total. The maximum atomic E-state index is 12.2. The summed E-state index contributed by atoms with van der Waals surface area (Å²) in [5.41, 5.74) is 1.92. The molecule has 1 heterocycles. The van der Waals surface area contributed by atoms with Gasteiger partial charge in [0.2, 0.25) is 6.79 Å². The van der Waals surface area contributed by atoms with Gasteiger partial charge in [0.05, 0.1) is 0 Å². The van der Waals surface area contributed by atoms with Gasteiger partial charge in [0.15, 0.2) is 18.1 Å². The van der Waals surface area contributed by atoms with Gasteiger partial charge in [-0.05, 0) is 41.3 Å². The molecule has 26 heavy (non-hydrogen) atoms. The Bertz CT molecular complexity index is 814. The van der Waals surface area contributed by atoms with Crippen molar-refractivity contribution < 1.29 is 19.0 Å². The second-order valence-corrected chi connectivity index (χ2v) is 8.06. The van der Waals surface area contributed by atoms with Crippen LogP contribution in [0.2, 0.25) is 0 Å². The van der Waals surface area contributed by atoms with Crippen molar-refractivity contribution in [3.05, 3.63) is 52.0 Å². The van der Waals surface area contributed by atoms with E-state index >= 15 is 0 Å². The number of amides is 1. The van der Waals surface area contributed by atoms with Gasteiger partial charge in [-0.1, -0.05) is 42.8 Å². The second-order valence-electron chi connectivity index (χ2n) is 7.14. The molecular weight excluding hydrogens is 398 g/mol. The zero-order valence-electron chi connectivity index (χ0n) is 15.1. The number of carbonyl (C=O) groups excluding carboxylic acids is 1. The smallest absolute Gasteiger partial charge is 0.258 e. The van der Waals surface area contributed by atoms with Crippen LogP contribution in [0, 0.1) is 0 Å². The lowest BCUT2D eigenvalue weighted by molar-refractivity contribution is -0.123. The summed E-state index contributed by atoms with van der Waals surface area (Å²) in [7, 11) is 0. The lowest BCUT2D eigenvalue weighted by Gasteiger charge is -2.23. The molecule has 0 spiro atoms. The van der Waals surface area contributed by atoms with Crippen LogP contribution in [-0.2, 0) is 16.8 Å². The van der Waals surface area contributed by atoms with Crippen LogP contribution >= 0.6 is 15.9 Å². The number of ether oxygens (including phenoxy) is 3. The highest BCUT2D eigenvalue weighted by Crippen LogP contribution is 2.34. The third-order valence-electron chi connectivity index (χ3n) is 4.04. The standard InChI is InChI=1S/C20H22BrNO4/c1-20(2,3)15-9-14(21)5-7-16(15)24-11-19(23)22-10-13-4-6-17-18(8-13)26-12-25-17/h4-9H,10-12H2,1-3H3,(H,22,23). The van der Waals surface area contributed by atoms with Crippen molar-refractivity contribution in [2.24, 2.45) is 0 Å². The van der Waals surface area contributed by atoms with E-state index in [0.29, 0.717) is 12.3 Å². The molecule has 0 aromatic heterocycles. The minimum Gasteiger partial charge on any atom is -0.483 e. The lowest BCUT2D eigenvalue weighted by atomic mass is 9.86. The van der Waals surface area contributed by atoms with E-state index in [9.17, 15) is 4.79 Å². The predicted molar refractivity (Wildman–Crippen MR) is 103 cm³/mol.